The van der Waals surface area contributed by atoms with Crippen molar-refractivity contribution in [1.82, 2.24) is 9.78 Å². The quantitative estimate of drug-likeness (QED) is 0.674. The van der Waals surface area contributed by atoms with Crippen molar-refractivity contribution >= 4 is 27.5 Å². The summed E-state index contributed by atoms with van der Waals surface area (Å²) in [5.41, 5.74) is 2.83. The molecule has 3 aromatic rings. The zero-order valence-corrected chi connectivity index (χ0v) is 16.3. The molecule has 27 heavy (non-hydrogen) atoms. The molecule has 0 unspecified atom stereocenters. The number of hydrogen-bond acceptors (Lipinski definition) is 4. The van der Waals surface area contributed by atoms with E-state index in [0.717, 1.165) is 22.3 Å². The number of nitrogens with one attached hydrogen (secondary N) is 1. The minimum Gasteiger partial charge on any atom is -0.490 e. The molecule has 1 aliphatic rings. The minimum absolute atomic E-state index is 0.217. The number of amides is 1. The molecule has 6 nitrogen and oxygen atoms in total. The summed E-state index contributed by atoms with van der Waals surface area (Å²) in [6.07, 6.45) is 2.42. The van der Waals surface area contributed by atoms with Gasteiger partial charge < -0.3 is 14.8 Å². The summed E-state index contributed by atoms with van der Waals surface area (Å²) in [6, 6.07) is 13.2. The van der Waals surface area contributed by atoms with E-state index in [2.05, 4.69) is 26.3 Å². The molecule has 1 N–H and O–H groups in total. The molecule has 0 saturated heterocycles. The van der Waals surface area contributed by atoms with Crippen molar-refractivity contribution in [2.24, 2.45) is 0 Å². The number of halogens is 1. The first-order valence-corrected chi connectivity index (χ1v) is 9.43. The summed E-state index contributed by atoms with van der Waals surface area (Å²) in [6.45, 7) is 3.11. The van der Waals surface area contributed by atoms with Crippen molar-refractivity contribution in [1.29, 1.82) is 0 Å². The lowest BCUT2D eigenvalue weighted by Gasteiger charge is -2.10. The lowest BCUT2D eigenvalue weighted by molar-refractivity contribution is 0.102. The normalized spacial score (nSPS) is 13.1. The summed E-state index contributed by atoms with van der Waals surface area (Å²) in [7, 11) is 0. The average molecular weight is 428 g/mol. The van der Waals surface area contributed by atoms with Crippen molar-refractivity contribution in [2.45, 2.75) is 13.3 Å². The number of fused-ring (bicyclic) bond motifs is 1. The third-order valence-corrected chi connectivity index (χ3v) is 4.86. The van der Waals surface area contributed by atoms with Gasteiger partial charge in [0.05, 0.1) is 36.4 Å². The van der Waals surface area contributed by atoms with Gasteiger partial charge in [0.15, 0.2) is 11.5 Å². The number of hydrogen-bond donors (Lipinski definition) is 1. The van der Waals surface area contributed by atoms with E-state index in [0.29, 0.717) is 36.0 Å². The van der Waals surface area contributed by atoms with E-state index in [1.54, 1.807) is 23.0 Å². The lowest BCUT2D eigenvalue weighted by Crippen LogP contribution is -2.13. The van der Waals surface area contributed by atoms with Gasteiger partial charge in [-0.15, -0.1) is 0 Å². The highest BCUT2D eigenvalue weighted by atomic mass is 79.9. The highest BCUT2D eigenvalue weighted by Gasteiger charge is 2.17. The van der Waals surface area contributed by atoms with Gasteiger partial charge in [-0.25, -0.2) is 4.68 Å². The van der Waals surface area contributed by atoms with Crippen molar-refractivity contribution in [3.05, 3.63) is 64.4 Å². The molecule has 1 amide bonds. The molecule has 4 rings (SSSR count). The first-order valence-electron chi connectivity index (χ1n) is 8.63. The summed E-state index contributed by atoms with van der Waals surface area (Å²) in [4.78, 5) is 12.7. The molecule has 0 fully saturated rings. The Balaban J connectivity index is 1.55. The van der Waals surface area contributed by atoms with Crippen LogP contribution in [-0.4, -0.2) is 28.9 Å². The maximum Gasteiger partial charge on any atom is 0.259 e. The van der Waals surface area contributed by atoms with E-state index in [1.807, 2.05) is 37.3 Å². The van der Waals surface area contributed by atoms with Gasteiger partial charge in [0.25, 0.3) is 5.91 Å². The number of carbonyl (C=O) groups is 1. The van der Waals surface area contributed by atoms with Crippen LogP contribution in [0, 0.1) is 6.92 Å². The molecular weight excluding hydrogens is 410 g/mol. The van der Waals surface area contributed by atoms with Gasteiger partial charge in [0.2, 0.25) is 0 Å². The molecule has 1 aliphatic heterocycles. The highest BCUT2D eigenvalue weighted by molar-refractivity contribution is 9.10. The molecule has 0 aliphatic carbocycles. The molecule has 0 radical (unpaired) electrons. The van der Waals surface area contributed by atoms with Crippen LogP contribution in [0.5, 0.6) is 11.5 Å². The third kappa shape index (κ3) is 3.68. The average Bonchev–Trinajstić information content (AvgIpc) is 2.90. The maximum absolute atomic E-state index is 12.7. The van der Waals surface area contributed by atoms with E-state index in [1.165, 1.54) is 0 Å². The minimum atomic E-state index is -0.217. The second kappa shape index (κ2) is 7.44. The summed E-state index contributed by atoms with van der Waals surface area (Å²) >= 11 is 3.42. The van der Waals surface area contributed by atoms with Crippen LogP contribution < -0.4 is 14.8 Å². The topological polar surface area (TPSA) is 65.4 Å². The van der Waals surface area contributed by atoms with E-state index in [4.69, 9.17) is 9.47 Å². The first-order chi connectivity index (χ1) is 13.1. The smallest absolute Gasteiger partial charge is 0.259 e. The molecule has 138 valence electrons. The fraction of sp³-hybridized carbons (Fsp3) is 0.200. The Labute approximate surface area is 165 Å². The van der Waals surface area contributed by atoms with Crippen LogP contribution in [0.4, 0.5) is 5.69 Å². The van der Waals surface area contributed by atoms with Gasteiger partial charge >= 0.3 is 0 Å². The molecule has 0 saturated carbocycles. The summed E-state index contributed by atoms with van der Waals surface area (Å²) in [5, 5.41) is 7.26. The predicted octanol–water partition coefficient (Wildman–Crippen LogP) is 4.36. The van der Waals surface area contributed by atoms with Gasteiger partial charge in [-0.05, 0) is 43.3 Å². The van der Waals surface area contributed by atoms with Crippen LogP contribution in [0.2, 0.25) is 0 Å². The van der Waals surface area contributed by atoms with Crippen LogP contribution in [0.1, 0.15) is 22.5 Å². The predicted molar refractivity (Wildman–Crippen MR) is 106 cm³/mol. The maximum atomic E-state index is 12.7. The molecule has 0 atom stereocenters. The largest absolute Gasteiger partial charge is 0.490 e. The van der Waals surface area contributed by atoms with E-state index in [9.17, 15) is 4.79 Å². The number of ether oxygens (including phenoxy) is 2. The fourth-order valence-corrected chi connectivity index (χ4v) is 3.18. The third-order valence-electron chi connectivity index (χ3n) is 4.33. The van der Waals surface area contributed by atoms with Gasteiger partial charge in [-0.3, -0.25) is 4.79 Å². The Bertz CT molecular complexity index is 983. The molecule has 0 spiro atoms. The van der Waals surface area contributed by atoms with Gasteiger partial charge in [-0.1, -0.05) is 15.9 Å². The molecule has 7 heteroatoms. The molecular formula is C20H18BrN3O3. The Hall–Kier alpha value is -2.80. The van der Waals surface area contributed by atoms with E-state index < -0.39 is 0 Å². The second-order valence-electron chi connectivity index (χ2n) is 6.20. The Morgan fingerprint density at radius 3 is 2.63 bits per heavy atom. The second-order valence-corrected chi connectivity index (χ2v) is 7.11. The zero-order chi connectivity index (χ0) is 18.8. The Morgan fingerprint density at radius 2 is 1.85 bits per heavy atom. The lowest BCUT2D eigenvalue weighted by atomic mass is 10.2. The van der Waals surface area contributed by atoms with E-state index in [-0.39, 0.29) is 5.91 Å². The molecule has 2 aromatic carbocycles. The number of anilines is 1. The zero-order valence-electron chi connectivity index (χ0n) is 14.7. The monoisotopic (exact) mass is 427 g/mol. The van der Waals surface area contributed by atoms with Crippen LogP contribution in [0.15, 0.2) is 53.1 Å². The van der Waals surface area contributed by atoms with Gasteiger partial charge in [0, 0.05) is 22.6 Å². The van der Waals surface area contributed by atoms with E-state index >= 15 is 0 Å². The number of carbonyl (C=O) groups excluding carboxylic acids is 1. The fourth-order valence-electron chi connectivity index (χ4n) is 2.91. The summed E-state index contributed by atoms with van der Waals surface area (Å²) < 4.78 is 14.0. The van der Waals surface area contributed by atoms with Crippen LogP contribution in [0.25, 0.3) is 5.69 Å². The molecule has 1 aromatic heterocycles. The Kier molecular flexibility index (Phi) is 4.85. The number of aromatic nitrogens is 2. The van der Waals surface area contributed by atoms with Crippen molar-refractivity contribution in [3.8, 4) is 17.2 Å². The first kappa shape index (κ1) is 17.6. The number of benzene rings is 2. The van der Waals surface area contributed by atoms with Gasteiger partial charge in [-0.2, -0.15) is 5.10 Å². The van der Waals surface area contributed by atoms with Crippen molar-refractivity contribution in [3.63, 3.8) is 0 Å². The SMILES string of the molecule is Cc1c(C(=O)Nc2ccc3c(c2)OCCCO3)cnn1-c1ccc(Br)cc1. The summed E-state index contributed by atoms with van der Waals surface area (Å²) in [5.74, 6) is 1.13. The van der Waals surface area contributed by atoms with Crippen molar-refractivity contribution < 1.29 is 14.3 Å². The van der Waals surface area contributed by atoms with Crippen LogP contribution in [0.3, 0.4) is 0 Å². The van der Waals surface area contributed by atoms with Crippen LogP contribution >= 0.6 is 15.9 Å². The van der Waals surface area contributed by atoms with Crippen molar-refractivity contribution in [2.75, 3.05) is 18.5 Å². The molecule has 0 bridgehead atoms. The Morgan fingerprint density at radius 1 is 1.11 bits per heavy atom. The standard InChI is InChI=1S/C20H18BrN3O3/c1-13-17(12-22-24(13)16-6-3-14(21)4-7-16)20(25)23-15-5-8-18-19(11-15)27-10-2-9-26-18/h3-8,11-12H,2,9-10H2,1H3,(H,23,25). The highest BCUT2D eigenvalue weighted by Crippen LogP contribution is 2.32. The number of nitrogens with zero attached hydrogens (tertiary/aromatic N) is 2. The molecule has 2 heterocycles. The van der Waals surface area contributed by atoms with Crippen LogP contribution in [-0.2, 0) is 0 Å². The number of rotatable bonds is 3. The van der Waals surface area contributed by atoms with Gasteiger partial charge in [0.1, 0.15) is 0 Å².